The number of hydrogen-bond donors (Lipinski definition) is 0. The fourth-order valence-electron chi connectivity index (χ4n) is 4.01. The second kappa shape index (κ2) is 8.31. The molecule has 0 aromatic heterocycles. The lowest BCUT2D eigenvalue weighted by Gasteiger charge is -2.36. The van der Waals surface area contributed by atoms with Crippen LogP contribution in [0.25, 0.3) is 0 Å². The molecule has 148 valence electrons. The number of amides is 2. The Morgan fingerprint density at radius 3 is 2.15 bits per heavy atom. The molecule has 2 amide bonds. The Balaban J connectivity index is 1.57. The van der Waals surface area contributed by atoms with Crippen molar-refractivity contribution in [1.82, 2.24) is 9.80 Å². The third kappa shape index (κ3) is 4.82. The molecular formula is C20H25F3N2O2. The quantitative estimate of drug-likeness (QED) is 0.794. The molecule has 7 heteroatoms. The van der Waals surface area contributed by atoms with Crippen LogP contribution in [-0.2, 0) is 11.0 Å². The smallest absolute Gasteiger partial charge is 0.339 e. The molecule has 0 atom stereocenters. The van der Waals surface area contributed by atoms with E-state index in [4.69, 9.17) is 0 Å². The Morgan fingerprint density at radius 1 is 0.926 bits per heavy atom. The standard InChI is InChI=1S/C20H25F3N2O2/c21-20(22,23)17-9-5-4-8-16(17)19(27)25-12-10-24(11-13-25)18(26)14-15-6-2-1-3-7-15/h4-5,8-9,15H,1-3,6-7,10-14H2. The van der Waals surface area contributed by atoms with Crippen molar-refractivity contribution in [2.45, 2.75) is 44.7 Å². The molecule has 4 nitrogen and oxygen atoms in total. The number of carbonyl (C=O) groups is 2. The second-order valence-electron chi connectivity index (χ2n) is 7.42. The monoisotopic (exact) mass is 382 g/mol. The average Bonchev–Trinajstić information content (AvgIpc) is 2.67. The van der Waals surface area contributed by atoms with Crippen LogP contribution in [0.4, 0.5) is 13.2 Å². The van der Waals surface area contributed by atoms with E-state index in [9.17, 15) is 22.8 Å². The van der Waals surface area contributed by atoms with Gasteiger partial charge >= 0.3 is 6.18 Å². The van der Waals surface area contributed by atoms with Crippen LogP contribution < -0.4 is 0 Å². The summed E-state index contributed by atoms with van der Waals surface area (Å²) < 4.78 is 39.4. The molecule has 0 unspecified atom stereocenters. The lowest BCUT2D eigenvalue weighted by molar-refractivity contribution is -0.138. The molecule has 1 aliphatic heterocycles. The van der Waals surface area contributed by atoms with E-state index in [0.29, 0.717) is 25.4 Å². The van der Waals surface area contributed by atoms with Crippen molar-refractivity contribution in [1.29, 1.82) is 0 Å². The first kappa shape index (κ1) is 19.7. The van der Waals surface area contributed by atoms with E-state index in [2.05, 4.69) is 0 Å². The molecule has 1 heterocycles. The highest BCUT2D eigenvalue weighted by Gasteiger charge is 2.36. The Bertz CT molecular complexity index is 676. The number of alkyl halides is 3. The third-order valence-corrected chi connectivity index (χ3v) is 5.57. The van der Waals surface area contributed by atoms with E-state index >= 15 is 0 Å². The van der Waals surface area contributed by atoms with Gasteiger partial charge in [-0.1, -0.05) is 31.4 Å². The van der Waals surface area contributed by atoms with Crippen molar-refractivity contribution < 1.29 is 22.8 Å². The van der Waals surface area contributed by atoms with Gasteiger partial charge in [0.05, 0.1) is 11.1 Å². The van der Waals surface area contributed by atoms with Crippen LogP contribution >= 0.6 is 0 Å². The summed E-state index contributed by atoms with van der Waals surface area (Å²) in [5, 5.41) is 0. The van der Waals surface area contributed by atoms with Gasteiger partial charge in [0.25, 0.3) is 5.91 Å². The molecule has 1 aliphatic carbocycles. The zero-order chi connectivity index (χ0) is 19.4. The van der Waals surface area contributed by atoms with Crippen molar-refractivity contribution in [3.8, 4) is 0 Å². The predicted molar refractivity (Wildman–Crippen MR) is 95.1 cm³/mol. The van der Waals surface area contributed by atoms with Crippen LogP contribution in [0.1, 0.15) is 54.4 Å². The number of halogens is 3. The molecule has 0 radical (unpaired) electrons. The Labute approximate surface area is 157 Å². The zero-order valence-electron chi connectivity index (χ0n) is 15.3. The maximum atomic E-state index is 13.1. The lowest BCUT2D eigenvalue weighted by Crippen LogP contribution is -2.51. The number of rotatable bonds is 3. The minimum absolute atomic E-state index is 0.102. The highest BCUT2D eigenvalue weighted by molar-refractivity contribution is 5.96. The van der Waals surface area contributed by atoms with Gasteiger partial charge in [-0.15, -0.1) is 0 Å². The zero-order valence-corrected chi connectivity index (χ0v) is 15.3. The van der Waals surface area contributed by atoms with Crippen LogP contribution in [0.3, 0.4) is 0 Å². The summed E-state index contributed by atoms with van der Waals surface area (Å²) in [6.07, 6.45) is 1.77. The highest BCUT2D eigenvalue weighted by Crippen LogP contribution is 2.32. The topological polar surface area (TPSA) is 40.6 Å². The molecule has 2 aliphatic rings. The van der Waals surface area contributed by atoms with Crippen LogP contribution in [-0.4, -0.2) is 47.8 Å². The van der Waals surface area contributed by atoms with Gasteiger partial charge in [-0.05, 0) is 30.9 Å². The van der Waals surface area contributed by atoms with Gasteiger partial charge in [-0.2, -0.15) is 13.2 Å². The molecule has 0 bridgehead atoms. The van der Waals surface area contributed by atoms with Crippen LogP contribution in [0, 0.1) is 5.92 Å². The van der Waals surface area contributed by atoms with Crippen molar-refractivity contribution in [3.05, 3.63) is 35.4 Å². The Kier molecular flexibility index (Phi) is 6.07. The van der Waals surface area contributed by atoms with Crippen LogP contribution in [0.2, 0.25) is 0 Å². The molecule has 0 N–H and O–H groups in total. The fourth-order valence-corrected chi connectivity index (χ4v) is 4.01. The first-order valence-corrected chi connectivity index (χ1v) is 9.59. The fraction of sp³-hybridized carbons (Fsp3) is 0.600. The number of piperazine rings is 1. The maximum Gasteiger partial charge on any atom is 0.417 e. The van der Waals surface area contributed by atoms with Gasteiger partial charge in [-0.25, -0.2) is 0 Å². The number of hydrogen-bond acceptors (Lipinski definition) is 2. The van der Waals surface area contributed by atoms with Gasteiger partial charge in [0.15, 0.2) is 0 Å². The SMILES string of the molecule is O=C(CC1CCCCC1)N1CCN(C(=O)c2ccccc2C(F)(F)F)CC1. The molecule has 1 saturated carbocycles. The summed E-state index contributed by atoms with van der Waals surface area (Å²) in [7, 11) is 0. The normalized spacial score (nSPS) is 19.2. The van der Waals surface area contributed by atoms with Gasteiger partial charge < -0.3 is 9.80 Å². The lowest BCUT2D eigenvalue weighted by atomic mass is 9.86. The van der Waals surface area contributed by atoms with Crippen LogP contribution in [0.5, 0.6) is 0 Å². The van der Waals surface area contributed by atoms with E-state index in [1.54, 1.807) is 4.90 Å². The molecule has 3 rings (SSSR count). The van der Waals surface area contributed by atoms with Gasteiger partial charge in [0.1, 0.15) is 0 Å². The molecule has 2 fully saturated rings. The van der Waals surface area contributed by atoms with Crippen molar-refractivity contribution in [2.75, 3.05) is 26.2 Å². The number of benzene rings is 1. The van der Waals surface area contributed by atoms with Gasteiger partial charge in [0, 0.05) is 32.6 Å². The minimum Gasteiger partial charge on any atom is -0.339 e. The maximum absolute atomic E-state index is 13.1. The highest BCUT2D eigenvalue weighted by atomic mass is 19.4. The number of carbonyl (C=O) groups excluding carboxylic acids is 2. The summed E-state index contributed by atoms with van der Waals surface area (Å²) in [5.41, 5.74) is -1.24. The molecule has 1 aromatic rings. The van der Waals surface area contributed by atoms with E-state index in [0.717, 1.165) is 18.9 Å². The van der Waals surface area contributed by atoms with E-state index in [-0.39, 0.29) is 24.6 Å². The van der Waals surface area contributed by atoms with Gasteiger partial charge in [0.2, 0.25) is 5.91 Å². The first-order valence-electron chi connectivity index (χ1n) is 9.59. The molecule has 1 aromatic carbocycles. The summed E-state index contributed by atoms with van der Waals surface area (Å²) >= 11 is 0. The summed E-state index contributed by atoms with van der Waals surface area (Å²) in [6.45, 7) is 1.29. The van der Waals surface area contributed by atoms with E-state index < -0.39 is 17.6 Å². The Morgan fingerprint density at radius 2 is 1.52 bits per heavy atom. The van der Waals surface area contributed by atoms with E-state index in [1.165, 1.54) is 42.4 Å². The molecule has 27 heavy (non-hydrogen) atoms. The van der Waals surface area contributed by atoms with Crippen molar-refractivity contribution in [2.24, 2.45) is 5.92 Å². The van der Waals surface area contributed by atoms with E-state index in [1.807, 2.05) is 0 Å². The third-order valence-electron chi connectivity index (χ3n) is 5.57. The Hall–Kier alpha value is -2.05. The molecular weight excluding hydrogens is 357 g/mol. The summed E-state index contributed by atoms with van der Waals surface area (Å²) in [5.74, 6) is -0.0726. The predicted octanol–water partition coefficient (Wildman–Crippen LogP) is 3.96. The summed E-state index contributed by atoms with van der Waals surface area (Å²) in [4.78, 5) is 28.2. The van der Waals surface area contributed by atoms with Crippen LogP contribution in [0.15, 0.2) is 24.3 Å². The largest absolute Gasteiger partial charge is 0.417 e. The minimum atomic E-state index is -4.57. The molecule has 0 spiro atoms. The average molecular weight is 382 g/mol. The molecule has 1 saturated heterocycles. The van der Waals surface area contributed by atoms with Gasteiger partial charge in [-0.3, -0.25) is 9.59 Å². The summed E-state index contributed by atoms with van der Waals surface area (Å²) in [6, 6.07) is 4.86. The first-order chi connectivity index (χ1) is 12.9. The van der Waals surface area contributed by atoms with Crippen molar-refractivity contribution >= 4 is 11.8 Å². The number of nitrogens with zero attached hydrogens (tertiary/aromatic N) is 2. The second-order valence-corrected chi connectivity index (χ2v) is 7.42. The van der Waals surface area contributed by atoms with Crippen molar-refractivity contribution in [3.63, 3.8) is 0 Å².